The predicted molar refractivity (Wildman–Crippen MR) is 160 cm³/mol. The molecule has 2 amide bonds. The molecule has 41 heavy (non-hydrogen) atoms. The van der Waals surface area contributed by atoms with Crippen molar-refractivity contribution in [3.8, 4) is 11.3 Å². The first-order valence-corrected chi connectivity index (χ1v) is 14.1. The lowest BCUT2D eigenvalue weighted by atomic mass is 10.1. The number of hydrogen-bond donors (Lipinski definition) is 2. The van der Waals surface area contributed by atoms with Crippen LogP contribution in [-0.2, 0) is 9.59 Å². The van der Waals surface area contributed by atoms with Gasteiger partial charge in [-0.05, 0) is 62.4 Å². The molecule has 0 unspecified atom stereocenters. The Morgan fingerprint density at radius 1 is 0.927 bits per heavy atom. The second-order valence-electron chi connectivity index (χ2n) is 10.9. The summed E-state index contributed by atoms with van der Waals surface area (Å²) in [5.74, 6) is -0.0157. The van der Waals surface area contributed by atoms with Crippen molar-refractivity contribution in [1.29, 1.82) is 0 Å². The van der Waals surface area contributed by atoms with E-state index in [0.717, 1.165) is 59.6 Å². The summed E-state index contributed by atoms with van der Waals surface area (Å²) in [6.07, 6.45) is 0.729. The van der Waals surface area contributed by atoms with Gasteiger partial charge in [-0.25, -0.2) is 0 Å². The molecule has 2 aliphatic rings. The van der Waals surface area contributed by atoms with E-state index in [1.807, 2.05) is 77.7 Å². The van der Waals surface area contributed by atoms with Crippen LogP contribution in [0.15, 0.2) is 72.8 Å². The average molecular weight is 551 g/mol. The molecule has 1 aromatic heterocycles. The van der Waals surface area contributed by atoms with Crippen molar-refractivity contribution in [2.75, 3.05) is 56.0 Å². The van der Waals surface area contributed by atoms with Gasteiger partial charge in [0.1, 0.15) is 0 Å². The van der Waals surface area contributed by atoms with Crippen LogP contribution in [0.3, 0.4) is 0 Å². The second kappa shape index (κ2) is 11.5. The first-order chi connectivity index (χ1) is 19.9. The molecular formula is C32H34N6O3. The molecule has 2 aliphatic heterocycles. The van der Waals surface area contributed by atoms with Crippen molar-refractivity contribution >= 4 is 39.9 Å². The Morgan fingerprint density at radius 2 is 1.68 bits per heavy atom. The highest BCUT2D eigenvalue weighted by Crippen LogP contribution is 2.29. The average Bonchev–Trinajstić information content (AvgIpc) is 3.65. The Morgan fingerprint density at radius 3 is 2.41 bits per heavy atom. The van der Waals surface area contributed by atoms with E-state index in [4.69, 9.17) is 0 Å². The summed E-state index contributed by atoms with van der Waals surface area (Å²) in [6, 6.07) is 23.4. The zero-order chi connectivity index (χ0) is 28.3. The number of rotatable bonds is 7. The predicted octanol–water partition coefficient (Wildman–Crippen LogP) is 4.04. The molecule has 3 aromatic carbocycles. The third-order valence-corrected chi connectivity index (χ3v) is 8.15. The van der Waals surface area contributed by atoms with E-state index in [9.17, 15) is 14.4 Å². The molecule has 210 valence electrons. The number of aromatic nitrogens is 2. The minimum Gasteiger partial charge on any atom is -0.368 e. The fourth-order valence-corrected chi connectivity index (χ4v) is 5.75. The van der Waals surface area contributed by atoms with Crippen LogP contribution in [0, 0.1) is 5.92 Å². The Hall–Kier alpha value is -4.50. The van der Waals surface area contributed by atoms with Crippen molar-refractivity contribution < 1.29 is 14.4 Å². The number of likely N-dealkylation sites (tertiary alicyclic amines) is 1. The molecule has 2 N–H and O–H groups in total. The van der Waals surface area contributed by atoms with Gasteiger partial charge in [-0.1, -0.05) is 30.3 Å². The number of nitrogens with one attached hydrogen (secondary N) is 2. The minimum absolute atomic E-state index is 0.0199. The first-order valence-electron chi connectivity index (χ1n) is 14.1. The highest BCUT2D eigenvalue weighted by Gasteiger charge is 2.31. The molecule has 9 heteroatoms. The van der Waals surface area contributed by atoms with Gasteiger partial charge in [0.2, 0.25) is 11.8 Å². The van der Waals surface area contributed by atoms with Gasteiger partial charge >= 0.3 is 0 Å². The van der Waals surface area contributed by atoms with Crippen LogP contribution in [0.25, 0.3) is 22.2 Å². The van der Waals surface area contributed by atoms with Gasteiger partial charge < -0.3 is 15.1 Å². The van der Waals surface area contributed by atoms with Gasteiger partial charge in [-0.2, -0.15) is 5.10 Å². The first kappa shape index (κ1) is 26.7. The maximum absolute atomic E-state index is 13.1. The van der Waals surface area contributed by atoms with Crippen LogP contribution in [0.2, 0.25) is 0 Å². The van der Waals surface area contributed by atoms with Crippen LogP contribution in [0.1, 0.15) is 23.7 Å². The van der Waals surface area contributed by atoms with Crippen molar-refractivity contribution in [3.05, 3.63) is 78.4 Å². The fourth-order valence-electron chi connectivity index (χ4n) is 5.75. The molecular weight excluding hydrogens is 516 g/mol. The SMILES string of the molecule is CC(=O)c1ccc(N2CCN(C(=O)CN3CC[C@@H](C(=O)Nc4ccc5[nH]nc(-c6ccccc6)c5c4)C3)CC2)cc1. The van der Waals surface area contributed by atoms with Crippen LogP contribution >= 0.6 is 0 Å². The maximum atomic E-state index is 13.1. The topological polar surface area (TPSA) is 102 Å². The van der Waals surface area contributed by atoms with Crippen molar-refractivity contribution in [2.45, 2.75) is 13.3 Å². The van der Waals surface area contributed by atoms with E-state index < -0.39 is 0 Å². The number of nitrogens with zero attached hydrogens (tertiary/aromatic N) is 4. The number of carbonyl (C=O) groups excluding carboxylic acids is 3. The van der Waals surface area contributed by atoms with E-state index in [1.165, 1.54) is 0 Å². The number of carbonyl (C=O) groups is 3. The zero-order valence-corrected chi connectivity index (χ0v) is 23.2. The molecule has 0 spiro atoms. The third-order valence-electron chi connectivity index (χ3n) is 8.15. The number of benzene rings is 3. The number of H-pyrrole nitrogens is 1. The molecule has 2 saturated heterocycles. The van der Waals surface area contributed by atoms with Gasteiger partial charge in [0.15, 0.2) is 5.78 Å². The zero-order valence-electron chi connectivity index (χ0n) is 23.2. The Balaban J connectivity index is 0.999. The number of Topliss-reactive ketones (excluding diaryl/α,β-unsaturated/α-hetero) is 1. The number of fused-ring (bicyclic) bond motifs is 1. The van der Waals surface area contributed by atoms with E-state index in [2.05, 4.69) is 25.3 Å². The van der Waals surface area contributed by atoms with Gasteiger partial charge in [-0.3, -0.25) is 24.4 Å². The maximum Gasteiger partial charge on any atom is 0.236 e. The van der Waals surface area contributed by atoms with Crippen molar-refractivity contribution in [2.24, 2.45) is 5.92 Å². The summed E-state index contributed by atoms with van der Waals surface area (Å²) in [4.78, 5) is 44.0. The fraction of sp³-hybridized carbons (Fsp3) is 0.312. The number of ketones is 1. The molecule has 4 aromatic rings. The number of piperazine rings is 1. The van der Waals surface area contributed by atoms with E-state index in [0.29, 0.717) is 31.7 Å². The van der Waals surface area contributed by atoms with E-state index >= 15 is 0 Å². The Kier molecular flexibility index (Phi) is 7.52. The summed E-state index contributed by atoms with van der Waals surface area (Å²) >= 11 is 0. The highest BCUT2D eigenvalue weighted by atomic mass is 16.2. The monoisotopic (exact) mass is 550 g/mol. The van der Waals surface area contributed by atoms with Crippen molar-refractivity contribution in [1.82, 2.24) is 20.0 Å². The van der Waals surface area contributed by atoms with Gasteiger partial charge in [-0.15, -0.1) is 0 Å². The molecule has 0 bridgehead atoms. The van der Waals surface area contributed by atoms with Crippen LogP contribution in [-0.4, -0.2) is 83.4 Å². The Labute approximate surface area is 239 Å². The highest BCUT2D eigenvalue weighted by molar-refractivity contribution is 5.99. The van der Waals surface area contributed by atoms with E-state index in [1.54, 1.807) is 6.92 Å². The van der Waals surface area contributed by atoms with Gasteiger partial charge in [0.25, 0.3) is 0 Å². The lowest BCUT2D eigenvalue weighted by Crippen LogP contribution is -2.51. The Bertz CT molecular complexity index is 1560. The summed E-state index contributed by atoms with van der Waals surface area (Å²) in [6.45, 7) is 6.02. The van der Waals surface area contributed by atoms with Crippen LogP contribution in [0.5, 0.6) is 0 Å². The molecule has 6 rings (SSSR count). The summed E-state index contributed by atoms with van der Waals surface area (Å²) in [5.41, 5.74) is 5.30. The standard InChI is InChI=1S/C32H34N6O3/c1-22(39)23-7-10-27(11-8-23)37-15-17-38(18-16-37)30(40)21-36-14-13-25(20-36)32(41)33-26-9-12-29-28(19-26)31(35-34-29)24-5-3-2-4-6-24/h2-12,19,25H,13-18,20-21H2,1H3,(H,33,41)(H,34,35)/t25-/m1/s1. The number of aromatic amines is 1. The lowest BCUT2D eigenvalue weighted by Gasteiger charge is -2.36. The molecule has 2 fully saturated rings. The molecule has 0 radical (unpaired) electrons. The van der Waals surface area contributed by atoms with Crippen molar-refractivity contribution in [3.63, 3.8) is 0 Å². The molecule has 9 nitrogen and oxygen atoms in total. The van der Waals surface area contributed by atoms with Gasteiger partial charge in [0.05, 0.1) is 23.7 Å². The largest absolute Gasteiger partial charge is 0.368 e. The molecule has 3 heterocycles. The number of amides is 2. The summed E-state index contributed by atoms with van der Waals surface area (Å²) < 4.78 is 0. The molecule has 1 atom stereocenters. The quantitative estimate of drug-likeness (QED) is 0.337. The van der Waals surface area contributed by atoms with Crippen LogP contribution < -0.4 is 10.2 Å². The lowest BCUT2D eigenvalue weighted by molar-refractivity contribution is -0.132. The minimum atomic E-state index is -0.161. The normalized spacial score (nSPS) is 17.6. The number of hydrogen-bond acceptors (Lipinski definition) is 6. The second-order valence-corrected chi connectivity index (χ2v) is 10.9. The smallest absolute Gasteiger partial charge is 0.236 e. The summed E-state index contributed by atoms with van der Waals surface area (Å²) in [5, 5.41) is 11.6. The van der Waals surface area contributed by atoms with E-state index in [-0.39, 0.29) is 23.5 Å². The van der Waals surface area contributed by atoms with Crippen LogP contribution in [0.4, 0.5) is 11.4 Å². The number of anilines is 2. The van der Waals surface area contributed by atoms with Gasteiger partial charge in [0, 0.05) is 60.6 Å². The summed E-state index contributed by atoms with van der Waals surface area (Å²) in [7, 11) is 0. The molecule has 0 aliphatic carbocycles. The third kappa shape index (κ3) is 5.85. The molecule has 0 saturated carbocycles.